The summed E-state index contributed by atoms with van der Waals surface area (Å²) in [6.07, 6.45) is -0.870. The van der Waals surface area contributed by atoms with Gasteiger partial charge in [0.2, 0.25) is 5.75 Å². The fourth-order valence-corrected chi connectivity index (χ4v) is 0.950. The molecule has 1 unspecified atom stereocenters. The maximum Gasteiger partial charge on any atom is 0.311 e. The second-order valence-electron chi connectivity index (χ2n) is 2.76. The van der Waals surface area contributed by atoms with Crippen LogP contribution in [0.4, 0.5) is 10.1 Å². The van der Waals surface area contributed by atoms with Crippen molar-refractivity contribution in [2.75, 3.05) is 0 Å². The van der Waals surface area contributed by atoms with Crippen molar-refractivity contribution < 1.29 is 14.1 Å². The summed E-state index contributed by atoms with van der Waals surface area (Å²) < 4.78 is 17.7. The van der Waals surface area contributed by atoms with Gasteiger partial charge in [0.1, 0.15) is 11.9 Å². The molecular formula is C9H7FN2O3. The molecule has 0 saturated heterocycles. The lowest BCUT2D eigenvalue weighted by molar-refractivity contribution is -0.386. The molecule has 0 aliphatic rings. The molecule has 0 fully saturated rings. The van der Waals surface area contributed by atoms with Crippen LogP contribution in [0.5, 0.6) is 5.75 Å². The normalized spacial score (nSPS) is 11.5. The first-order valence-corrected chi connectivity index (χ1v) is 4.05. The Balaban J connectivity index is 3.08. The Labute approximate surface area is 84.9 Å². The van der Waals surface area contributed by atoms with Crippen LogP contribution in [0.15, 0.2) is 18.2 Å². The second-order valence-corrected chi connectivity index (χ2v) is 2.76. The Morgan fingerprint density at radius 1 is 1.67 bits per heavy atom. The second kappa shape index (κ2) is 4.37. The first-order valence-electron chi connectivity index (χ1n) is 4.05. The topological polar surface area (TPSA) is 76.2 Å². The van der Waals surface area contributed by atoms with Crippen molar-refractivity contribution in [3.05, 3.63) is 34.1 Å². The van der Waals surface area contributed by atoms with Gasteiger partial charge in [-0.15, -0.1) is 0 Å². The highest BCUT2D eigenvalue weighted by Crippen LogP contribution is 2.28. The van der Waals surface area contributed by atoms with Crippen LogP contribution < -0.4 is 4.74 Å². The minimum Gasteiger partial charge on any atom is -0.469 e. The van der Waals surface area contributed by atoms with E-state index < -0.39 is 16.8 Å². The standard InChI is InChI=1S/C9H7FN2O3/c1-6(5-11)15-9-4-7(10)2-3-8(9)12(13)14/h2-4,6H,1H3. The molecule has 1 aromatic rings. The maximum atomic E-state index is 12.8. The third-order valence-corrected chi connectivity index (χ3v) is 1.60. The van der Waals surface area contributed by atoms with Crippen molar-refractivity contribution in [2.45, 2.75) is 13.0 Å². The first kappa shape index (κ1) is 10.9. The summed E-state index contributed by atoms with van der Waals surface area (Å²) in [7, 11) is 0. The smallest absolute Gasteiger partial charge is 0.311 e. The zero-order valence-corrected chi connectivity index (χ0v) is 7.81. The SMILES string of the molecule is CC(C#N)Oc1cc(F)ccc1[N+](=O)[O-]. The molecule has 0 amide bonds. The van der Waals surface area contributed by atoms with E-state index in [4.69, 9.17) is 10.00 Å². The predicted molar refractivity (Wildman–Crippen MR) is 48.8 cm³/mol. The number of nitrogens with zero attached hydrogens (tertiary/aromatic N) is 2. The van der Waals surface area contributed by atoms with Crippen LogP contribution in [-0.2, 0) is 0 Å². The van der Waals surface area contributed by atoms with Gasteiger partial charge in [-0.3, -0.25) is 10.1 Å². The number of ether oxygens (including phenoxy) is 1. The summed E-state index contributed by atoms with van der Waals surface area (Å²) in [6.45, 7) is 1.41. The molecule has 15 heavy (non-hydrogen) atoms. The van der Waals surface area contributed by atoms with E-state index in [-0.39, 0.29) is 11.4 Å². The lowest BCUT2D eigenvalue weighted by Gasteiger charge is -2.07. The number of rotatable bonds is 3. The van der Waals surface area contributed by atoms with E-state index >= 15 is 0 Å². The van der Waals surface area contributed by atoms with Gasteiger partial charge in [0.05, 0.1) is 4.92 Å². The number of nitriles is 1. The molecule has 0 aliphatic heterocycles. The van der Waals surface area contributed by atoms with Gasteiger partial charge in [-0.05, 0) is 13.0 Å². The maximum absolute atomic E-state index is 12.8. The molecule has 6 heteroatoms. The minimum atomic E-state index is -0.870. The molecule has 78 valence electrons. The molecule has 0 saturated carbocycles. The summed E-state index contributed by atoms with van der Waals surface area (Å²) in [5, 5.41) is 19.0. The van der Waals surface area contributed by atoms with E-state index in [2.05, 4.69) is 0 Å². The average Bonchev–Trinajstić information content (AvgIpc) is 2.17. The molecule has 5 nitrogen and oxygen atoms in total. The fourth-order valence-electron chi connectivity index (χ4n) is 0.950. The average molecular weight is 210 g/mol. The third kappa shape index (κ3) is 2.64. The number of hydrogen-bond donors (Lipinski definition) is 0. The molecule has 1 rings (SSSR count). The predicted octanol–water partition coefficient (Wildman–Crippen LogP) is 2.02. The summed E-state index contributed by atoms with van der Waals surface area (Å²) in [5.74, 6) is -0.894. The summed E-state index contributed by atoms with van der Waals surface area (Å²) in [5.41, 5.74) is -0.362. The van der Waals surface area contributed by atoms with Gasteiger partial charge < -0.3 is 4.74 Å². The van der Waals surface area contributed by atoms with E-state index in [1.807, 2.05) is 0 Å². The van der Waals surface area contributed by atoms with Gasteiger partial charge in [0, 0.05) is 12.1 Å². The van der Waals surface area contributed by atoms with Gasteiger partial charge >= 0.3 is 5.69 Å². The van der Waals surface area contributed by atoms with E-state index in [0.29, 0.717) is 0 Å². The molecule has 1 aromatic carbocycles. The number of benzene rings is 1. The van der Waals surface area contributed by atoms with Crippen molar-refractivity contribution in [3.8, 4) is 11.8 Å². The lowest BCUT2D eigenvalue weighted by Crippen LogP contribution is -2.09. The Morgan fingerprint density at radius 2 is 2.33 bits per heavy atom. The van der Waals surface area contributed by atoms with E-state index in [0.717, 1.165) is 18.2 Å². The van der Waals surface area contributed by atoms with Crippen molar-refractivity contribution >= 4 is 5.69 Å². The molecule has 0 N–H and O–H groups in total. The highest BCUT2D eigenvalue weighted by Gasteiger charge is 2.17. The van der Waals surface area contributed by atoms with Gasteiger partial charge in [-0.2, -0.15) is 5.26 Å². The number of halogens is 1. The van der Waals surface area contributed by atoms with E-state index in [9.17, 15) is 14.5 Å². The summed E-state index contributed by atoms with van der Waals surface area (Å²) >= 11 is 0. The molecule has 0 aliphatic carbocycles. The Hall–Kier alpha value is -2.16. The van der Waals surface area contributed by atoms with Crippen LogP contribution in [-0.4, -0.2) is 11.0 Å². The zero-order chi connectivity index (χ0) is 11.4. The lowest BCUT2D eigenvalue weighted by atomic mass is 10.3. The van der Waals surface area contributed by atoms with Crippen molar-refractivity contribution in [3.63, 3.8) is 0 Å². The molecule has 0 bridgehead atoms. The van der Waals surface area contributed by atoms with Crippen molar-refractivity contribution in [2.24, 2.45) is 0 Å². The monoisotopic (exact) mass is 210 g/mol. The van der Waals surface area contributed by atoms with Gasteiger partial charge in [0.15, 0.2) is 6.10 Å². The largest absolute Gasteiger partial charge is 0.469 e. The fraction of sp³-hybridized carbons (Fsp3) is 0.222. The van der Waals surface area contributed by atoms with Gasteiger partial charge in [-0.25, -0.2) is 4.39 Å². The van der Waals surface area contributed by atoms with E-state index in [1.165, 1.54) is 6.92 Å². The molecule has 1 atom stereocenters. The number of nitro benzene ring substituents is 1. The van der Waals surface area contributed by atoms with E-state index in [1.54, 1.807) is 6.07 Å². The van der Waals surface area contributed by atoms with Crippen LogP contribution in [0.3, 0.4) is 0 Å². The van der Waals surface area contributed by atoms with Crippen LogP contribution in [0, 0.1) is 27.3 Å². The Kier molecular flexibility index (Phi) is 3.18. The van der Waals surface area contributed by atoms with Crippen LogP contribution in [0.25, 0.3) is 0 Å². The Bertz CT molecular complexity index is 428. The molecule has 0 aromatic heterocycles. The highest BCUT2D eigenvalue weighted by molar-refractivity contribution is 5.46. The quantitative estimate of drug-likeness (QED) is 0.564. The van der Waals surface area contributed by atoms with Crippen LogP contribution in [0.2, 0.25) is 0 Å². The molecular weight excluding hydrogens is 203 g/mol. The van der Waals surface area contributed by atoms with Crippen molar-refractivity contribution in [1.82, 2.24) is 0 Å². The summed E-state index contributed by atoms with van der Waals surface area (Å²) in [6, 6.07) is 4.57. The number of nitro groups is 1. The van der Waals surface area contributed by atoms with Crippen molar-refractivity contribution in [1.29, 1.82) is 5.26 Å². The zero-order valence-electron chi connectivity index (χ0n) is 7.81. The molecule has 0 spiro atoms. The Morgan fingerprint density at radius 3 is 2.87 bits per heavy atom. The van der Waals surface area contributed by atoms with Gasteiger partial charge in [-0.1, -0.05) is 0 Å². The van der Waals surface area contributed by atoms with Crippen LogP contribution in [0.1, 0.15) is 6.92 Å². The highest BCUT2D eigenvalue weighted by atomic mass is 19.1. The van der Waals surface area contributed by atoms with Gasteiger partial charge in [0.25, 0.3) is 0 Å². The minimum absolute atomic E-state index is 0.242. The molecule has 0 radical (unpaired) electrons. The third-order valence-electron chi connectivity index (χ3n) is 1.60. The summed E-state index contributed by atoms with van der Waals surface area (Å²) in [4.78, 5) is 9.83. The number of hydrogen-bond acceptors (Lipinski definition) is 4. The first-order chi connectivity index (χ1) is 7.04. The molecule has 0 heterocycles. The van der Waals surface area contributed by atoms with Crippen LogP contribution >= 0.6 is 0 Å².